The number of methoxy groups -OCH3 is 2. The molecule has 0 amide bonds. The van der Waals surface area contributed by atoms with Gasteiger partial charge in [0.05, 0.1) is 20.0 Å². The largest absolute Gasteiger partial charge is 0.496 e. The lowest BCUT2D eigenvalue weighted by Gasteiger charge is -2.09. The number of benzene rings is 1. The summed E-state index contributed by atoms with van der Waals surface area (Å²) in [6, 6.07) is 7.17. The molecule has 6 nitrogen and oxygen atoms in total. The van der Waals surface area contributed by atoms with Gasteiger partial charge in [-0.05, 0) is 12.5 Å². The van der Waals surface area contributed by atoms with Crippen LogP contribution in [0, 0.1) is 0 Å². The summed E-state index contributed by atoms with van der Waals surface area (Å²) in [5, 5.41) is 0. The molecule has 0 saturated heterocycles. The lowest BCUT2D eigenvalue weighted by Crippen LogP contribution is -2.26. The molecular weight excluding hydrogens is 282 g/mol. The second-order valence-electron chi connectivity index (χ2n) is 4.13. The fourth-order valence-corrected chi connectivity index (χ4v) is 2.66. The Morgan fingerprint density at radius 3 is 2.60 bits per heavy atom. The summed E-state index contributed by atoms with van der Waals surface area (Å²) < 4.78 is 35.6. The fourth-order valence-electron chi connectivity index (χ4n) is 1.62. The maximum absolute atomic E-state index is 11.8. The Labute approximate surface area is 119 Å². The molecule has 0 radical (unpaired) electrons. The van der Waals surface area contributed by atoms with Crippen LogP contribution < -0.4 is 9.46 Å². The van der Waals surface area contributed by atoms with Crippen molar-refractivity contribution in [2.75, 3.05) is 20.0 Å². The van der Waals surface area contributed by atoms with Crippen molar-refractivity contribution in [3.05, 3.63) is 29.8 Å². The van der Waals surface area contributed by atoms with E-state index in [-0.39, 0.29) is 25.1 Å². The first-order valence-corrected chi connectivity index (χ1v) is 7.80. The minimum atomic E-state index is -3.42. The van der Waals surface area contributed by atoms with Gasteiger partial charge < -0.3 is 9.47 Å². The molecule has 0 bridgehead atoms. The number of esters is 1. The van der Waals surface area contributed by atoms with Gasteiger partial charge in [-0.3, -0.25) is 4.79 Å². The van der Waals surface area contributed by atoms with Crippen LogP contribution in [0.4, 0.5) is 0 Å². The highest BCUT2D eigenvalue weighted by molar-refractivity contribution is 7.89. The first kappa shape index (κ1) is 16.5. The Hall–Kier alpha value is -1.60. The number of carbonyl (C=O) groups is 1. The van der Waals surface area contributed by atoms with E-state index in [9.17, 15) is 13.2 Å². The van der Waals surface area contributed by atoms with Crippen molar-refractivity contribution in [3.63, 3.8) is 0 Å². The van der Waals surface area contributed by atoms with E-state index < -0.39 is 16.0 Å². The normalized spacial score (nSPS) is 11.1. The van der Waals surface area contributed by atoms with Crippen LogP contribution in [-0.2, 0) is 26.1 Å². The second kappa shape index (κ2) is 7.86. The molecule has 7 heteroatoms. The highest BCUT2D eigenvalue weighted by Crippen LogP contribution is 2.17. The number of nitrogens with one attached hydrogen (secondary N) is 1. The van der Waals surface area contributed by atoms with Crippen molar-refractivity contribution < 1.29 is 22.7 Å². The van der Waals surface area contributed by atoms with Crippen LogP contribution in [0.1, 0.15) is 18.4 Å². The Morgan fingerprint density at radius 1 is 1.25 bits per heavy atom. The zero-order valence-corrected chi connectivity index (χ0v) is 12.4. The van der Waals surface area contributed by atoms with Crippen molar-refractivity contribution in [2.45, 2.75) is 19.4 Å². The third-order valence-corrected chi connectivity index (χ3v) is 4.11. The molecule has 0 fully saturated rings. The minimum absolute atomic E-state index is 0.0894. The van der Waals surface area contributed by atoms with Gasteiger partial charge in [0.25, 0.3) is 0 Å². The predicted molar refractivity (Wildman–Crippen MR) is 74.9 cm³/mol. The molecule has 0 saturated carbocycles. The number of ether oxygens (including phenoxy) is 2. The number of hydrogen-bond donors (Lipinski definition) is 1. The van der Waals surface area contributed by atoms with Crippen molar-refractivity contribution in [1.82, 2.24) is 4.72 Å². The van der Waals surface area contributed by atoms with Gasteiger partial charge in [-0.1, -0.05) is 18.2 Å². The monoisotopic (exact) mass is 301 g/mol. The van der Waals surface area contributed by atoms with E-state index in [2.05, 4.69) is 9.46 Å². The number of para-hydroxylation sites is 1. The molecule has 1 N–H and O–H groups in total. The van der Waals surface area contributed by atoms with Gasteiger partial charge in [0, 0.05) is 18.5 Å². The van der Waals surface area contributed by atoms with E-state index in [1.54, 1.807) is 12.1 Å². The Morgan fingerprint density at radius 2 is 1.95 bits per heavy atom. The quantitative estimate of drug-likeness (QED) is 0.726. The zero-order valence-electron chi connectivity index (χ0n) is 11.6. The molecule has 0 atom stereocenters. The topological polar surface area (TPSA) is 81.7 Å². The first-order chi connectivity index (χ1) is 9.48. The third kappa shape index (κ3) is 5.58. The lowest BCUT2D eigenvalue weighted by molar-refractivity contribution is -0.140. The fraction of sp³-hybridized carbons (Fsp3) is 0.462. The van der Waals surface area contributed by atoms with Crippen molar-refractivity contribution in [3.8, 4) is 5.75 Å². The molecule has 20 heavy (non-hydrogen) atoms. The van der Waals surface area contributed by atoms with Crippen LogP contribution in [0.15, 0.2) is 24.3 Å². The molecule has 0 aliphatic heterocycles. The number of sulfonamides is 1. The zero-order chi connectivity index (χ0) is 15.0. The number of hydrogen-bond acceptors (Lipinski definition) is 5. The predicted octanol–water partition coefficient (Wildman–Crippen LogP) is 1.07. The van der Waals surface area contributed by atoms with E-state index in [0.717, 1.165) is 5.56 Å². The second-order valence-corrected chi connectivity index (χ2v) is 6.06. The molecule has 0 unspecified atom stereocenters. The third-order valence-electron chi connectivity index (χ3n) is 2.70. The molecule has 1 rings (SSSR count). The smallest absolute Gasteiger partial charge is 0.305 e. The number of rotatable bonds is 8. The summed E-state index contributed by atoms with van der Waals surface area (Å²) in [5.41, 5.74) is 0.756. The van der Waals surface area contributed by atoms with Crippen molar-refractivity contribution >= 4 is 16.0 Å². The van der Waals surface area contributed by atoms with Gasteiger partial charge in [0.15, 0.2) is 0 Å². The number of carbonyl (C=O) groups excluding carboxylic acids is 1. The molecule has 0 aliphatic rings. The molecule has 0 aromatic heterocycles. The van der Waals surface area contributed by atoms with E-state index >= 15 is 0 Å². The average Bonchev–Trinajstić information content (AvgIpc) is 2.45. The molecule has 1 aromatic carbocycles. The molecule has 0 aliphatic carbocycles. The highest BCUT2D eigenvalue weighted by Gasteiger charge is 2.12. The van der Waals surface area contributed by atoms with Gasteiger partial charge in [-0.15, -0.1) is 0 Å². The minimum Gasteiger partial charge on any atom is -0.496 e. The summed E-state index contributed by atoms with van der Waals surface area (Å²) >= 11 is 0. The SMILES string of the molecule is COC(=O)CCCS(=O)(=O)NCc1ccccc1OC. The molecule has 112 valence electrons. The summed E-state index contributed by atoms with van der Waals surface area (Å²) in [5.74, 6) is 0.103. The van der Waals surface area contributed by atoms with Crippen molar-refractivity contribution in [2.24, 2.45) is 0 Å². The highest BCUT2D eigenvalue weighted by atomic mass is 32.2. The standard InChI is InChI=1S/C13H19NO5S/c1-18-12-7-4-3-6-11(12)10-14-20(16,17)9-5-8-13(15)19-2/h3-4,6-7,14H,5,8-10H2,1-2H3. The van der Waals surface area contributed by atoms with Gasteiger partial charge in [0.2, 0.25) is 10.0 Å². The van der Waals surface area contributed by atoms with E-state index in [1.165, 1.54) is 14.2 Å². The lowest BCUT2D eigenvalue weighted by atomic mass is 10.2. The van der Waals surface area contributed by atoms with Crippen LogP contribution in [0.5, 0.6) is 5.75 Å². The van der Waals surface area contributed by atoms with Crippen LogP contribution in [0.25, 0.3) is 0 Å². The summed E-state index contributed by atoms with van der Waals surface area (Å²) in [4.78, 5) is 10.9. The Bertz CT molecular complexity index is 541. The molecular formula is C13H19NO5S. The van der Waals surface area contributed by atoms with Gasteiger partial charge in [-0.25, -0.2) is 13.1 Å². The first-order valence-electron chi connectivity index (χ1n) is 6.14. The Kier molecular flexibility index (Phi) is 6.47. The van der Waals surface area contributed by atoms with Gasteiger partial charge in [0.1, 0.15) is 5.75 Å². The van der Waals surface area contributed by atoms with Gasteiger partial charge in [-0.2, -0.15) is 0 Å². The van der Waals surface area contributed by atoms with Crippen LogP contribution in [0.2, 0.25) is 0 Å². The summed E-state index contributed by atoms with van der Waals surface area (Å²) in [7, 11) is -0.616. The maximum Gasteiger partial charge on any atom is 0.305 e. The van der Waals surface area contributed by atoms with Crippen LogP contribution in [0.3, 0.4) is 0 Å². The average molecular weight is 301 g/mol. The molecule has 1 aromatic rings. The summed E-state index contributed by atoms with van der Waals surface area (Å²) in [6.07, 6.45) is 0.319. The molecule has 0 heterocycles. The van der Waals surface area contributed by atoms with Crippen molar-refractivity contribution in [1.29, 1.82) is 0 Å². The van der Waals surface area contributed by atoms with Crippen LogP contribution >= 0.6 is 0 Å². The summed E-state index contributed by atoms with van der Waals surface area (Å²) in [6.45, 7) is 0.157. The maximum atomic E-state index is 11.8. The molecule has 0 spiro atoms. The van der Waals surface area contributed by atoms with E-state index in [0.29, 0.717) is 5.75 Å². The Balaban J connectivity index is 2.49. The van der Waals surface area contributed by atoms with E-state index in [1.807, 2.05) is 12.1 Å². The van der Waals surface area contributed by atoms with E-state index in [4.69, 9.17) is 4.74 Å². The van der Waals surface area contributed by atoms with Gasteiger partial charge >= 0.3 is 5.97 Å². The van der Waals surface area contributed by atoms with Crippen LogP contribution in [-0.4, -0.2) is 34.4 Å².